The van der Waals surface area contributed by atoms with Gasteiger partial charge in [-0.1, -0.05) is 49.8 Å². The number of benzene rings is 1. The van der Waals surface area contributed by atoms with E-state index in [1.807, 2.05) is 0 Å². The lowest BCUT2D eigenvalue weighted by Crippen LogP contribution is -2.53. The van der Waals surface area contributed by atoms with E-state index in [2.05, 4.69) is 90.1 Å². The number of nitrogens with zero attached hydrogens (tertiary/aromatic N) is 4. The Morgan fingerprint density at radius 1 is 1.09 bits per heavy atom. The number of aromatic nitrogens is 3. The van der Waals surface area contributed by atoms with E-state index in [1.54, 1.807) is 0 Å². The van der Waals surface area contributed by atoms with Crippen LogP contribution in [0, 0.1) is 11.8 Å². The number of para-hydroxylation sites is 1. The molecule has 4 rings (SSSR count). The van der Waals surface area contributed by atoms with Gasteiger partial charge in [-0.3, -0.25) is 9.69 Å². The van der Waals surface area contributed by atoms with E-state index in [4.69, 9.17) is 0 Å². The van der Waals surface area contributed by atoms with Gasteiger partial charge in [0.2, 0.25) is 5.13 Å². The van der Waals surface area contributed by atoms with E-state index in [-0.39, 0.29) is 11.3 Å². The molecule has 0 radical (unpaired) electrons. The molecule has 1 atom stereocenters. The van der Waals surface area contributed by atoms with Crippen molar-refractivity contribution in [1.29, 1.82) is 0 Å². The molecule has 3 heterocycles. The fourth-order valence-corrected chi connectivity index (χ4v) is 5.68. The molecule has 184 valence electrons. The maximum Gasteiger partial charge on any atom is 0.208 e. The second kappa shape index (κ2) is 10.6. The summed E-state index contributed by atoms with van der Waals surface area (Å²) in [5.41, 5.74) is 2.64. The molecule has 0 bridgehead atoms. The quantitative estimate of drug-likeness (QED) is 0.391. The Morgan fingerprint density at radius 3 is 2.53 bits per heavy atom. The number of H-pyrrole nitrogens is 1. The Hall–Kier alpha value is -2.25. The molecule has 1 fully saturated rings. The van der Waals surface area contributed by atoms with Gasteiger partial charge in [-0.05, 0) is 57.1 Å². The summed E-state index contributed by atoms with van der Waals surface area (Å²) in [4.78, 5) is 21.4. The minimum absolute atomic E-state index is 0.130. The van der Waals surface area contributed by atoms with Gasteiger partial charge in [-0.2, -0.15) is 0 Å². The van der Waals surface area contributed by atoms with E-state index in [0.717, 1.165) is 56.1 Å². The van der Waals surface area contributed by atoms with Crippen molar-refractivity contribution in [2.45, 2.75) is 65.8 Å². The predicted molar refractivity (Wildman–Crippen MR) is 142 cm³/mol. The Bertz CT molecular complexity index is 1090. The second-order valence-corrected chi connectivity index (χ2v) is 12.0. The van der Waals surface area contributed by atoms with Gasteiger partial charge in [0.05, 0.1) is 0 Å². The summed E-state index contributed by atoms with van der Waals surface area (Å²) in [6.45, 7) is 15.2. The van der Waals surface area contributed by atoms with Crippen LogP contribution < -0.4 is 4.90 Å². The summed E-state index contributed by atoms with van der Waals surface area (Å²) >= 11 is 1.46. The molecule has 2 aromatic heterocycles. The van der Waals surface area contributed by atoms with E-state index < -0.39 is 0 Å². The molecule has 1 aliphatic heterocycles. The van der Waals surface area contributed by atoms with Gasteiger partial charge in [-0.25, -0.2) is 0 Å². The van der Waals surface area contributed by atoms with E-state index >= 15 is 0 Å². The van der Waals surface area contributed by atoms with Crippen LogP contribution in [0.3, 0.4) is 0 Å². The van der Waals surface area contributed by atoms with Crippen molar-refractivity contribution in [2.75, 3.05) is 31.1 Å². The number of carbonyl (C=O) groups excluding carboxylic acids is 1. The molecule has 6 nitrogen and oxygen atoms in total. The lowest BCUT2D eigenvalue weighted by atomic mass is 9.88. The smallest absolute Gasteiger partial charge is 0.208 e. The number of hydrogen-bond acceptors (Lipinski definition) is 6. The van der Waals surface area contributed by atoms with E-state index in [1.165, 1.54) is 22.3 Å². The molecule has 1 N–H and O–H groups in total. The zero-order chi connectivity index (χ0) is 24.3. The van der Waals surface area contributed by atoms with Crippen molar-refractivity contribution in [3.63, 3.8) is 0 Å². The molecule has 7 heteroatoms. The lowest BCUT2D eigenvalue weighted by Gasteiger charge is -2.42. The number of nitrogens with one attached hydrogen (secondary N) is 1. The Kier molecular flexibility index (Phi) is 7.73. The molecule has 0 saturated carbocycles. The first-order valence-electron chi connectivity index (χ1n) is 12.6. The summed E-state index contributed by atoms with van der Waals surface area (Å²) in [5, 5.41) is 11.4. The molecular formula is C27H39N5OS. The van der Waals surface area contributed by atoms with Gasteiger partial charge in [-0.15, -0.1) is 10.2 Å². The van der Waals surface area contributed by atoms with Gasteiger partial charge in [0.25, 0.3) is 0 Å². The number of aromatic amines is 1. The third-order valence-electron chi connectivity index (χ3n) is 6.96. The summed E-state index contributed by atoms with van der Waals surface area (Å²) in [7, 11) is 0. The van der Waals surface area contributed by atoms with Gasteiger partial charge < -0.3 is 9.88 Å². The predicted octanol–water partition coefficient (Wildman–Crippen LogP) is 5.81. The van der Waals surface area contributed by atoms with Crippen molar-refractivity contribution in [2.24, 2.45) is 11.8 Å². The summed E-state index contributed by atoms with van der Waals surface area (Å²) in [5.74, 6) is 1.06. The number of Topliss-reactive ketones (excluding diaryl/α,β-unsaturated/α-hetero) is 1. The molecule has 0 amide bonds. The average molecular weight is 482 g/mol. The van der Waals surface area contributed by atoms with E-state index in [0.29, 0.717) is 23.3 Å². The first-order chi connectivity index (χ1) is 16.2. The van der Waals surface area contributed by atoms with Crippen LogP contribution in [0.15, 0.2) is 30.5 Å². The third kappa shape index (κ3) is 6.05. The van der Waals surface area contributed by atoms with Crippen LogP contribution in [0.25, 0.3) is 10.9 Å². The zero-order valence-corrected chi connectivity index (χ0v) is 22.1. The number of ketones is 1. The summed E-state index contributed by atoms with van der Waals surface area (Å²) in [6.07, 6.45) is 5.71. The highest BCUT2D eigenvalue weighted by molar-refractivity contribution is 7.17. The van der Waals surface area contributed by atoms with Crippen molar-refractivity contribution >= 4 is 33.2 Å². The van der Waals surface area contributed by atoms with Gasteiger partial charge >= 0.3 is 0 Å². The minimum Gasteiger partial charge on any atom is -0.361 e. The maximum atomic E-state index is 13.2. The highest BCUT2D eigenvalue weighted by atomic mass is 32.1. The largest absolute Gasteiger partial charge is 0.361 e. The number of hydrogen-bond donors (Lipinski definition) is 1. The van der Waals surface area contributed by atoms with E-state index in [9.17, 15) is 4.79 Å². The number of fused-ring (bicyclic) bond motifs is 1. The Morgan fingerprint density at radius 2 is 1.82 bits per heavy atom. The van der Waals surface area contributed by atoms with Crippen molar-refractivity contribution < 1.29 is 4.79 Å². The lowest BCUT2D eigenvalue weighted by molar-refractivity contribution is 0.0956. The minimum atomic E-state index is 0.130. The first kappa shape index (κ1) is 24.9. The number of piperazine rings is 1. The normalized spacial score (nSPS) is 16.5. The maximum absolute atomic E-state index is 13.2. The molecule has 1 aliphatic rings. The highest BCUT2D eigenvalue weighted by Crippen LogP contribution is 2.29. The number of carbonyl (C=O) groups is 1. The van der Waals surface area contributed by atoms with Crippen LogP contribution in [-0.4, -0.2) is 57.6 Å². The Balaban J connectivity index is 1.41. The molecular weight excluding hydrogens is 442 g/mol. The Labute approximate surface area is 207 Å². The first-order valence-corrected chi connectivity index (χ1v) is 13.4. The van der Waals surface area contributed by atoms with Gasteiger partial charge in [0, 0.05) is 55.2 Å². The molecule has 34 heavy (non-hydrogen) atoms. The van der Waals surface area contributed by atoms with Gasteiger partial charge in [0.15, 0.2) is 10.8 Å². The van der Waals surface area contributed by atoms with Crippen LogP contribution in [0.1, 0.15) is 69.2 Å². The zero-order valence-electron chi connectivity index (χ0n) is 21.3. The van der Waals surface area contributed by atoms with Crippen molar-refractivity contribution in [1.82, 2.24) is 20.1 Å². The molecule has 1 aromatic carbocycles. The van der Waals surface area contributed by atoms with Gasteiger partial charge in [0.1, 0.15) is 0 Å². The fraction of sp³-hybridized carbons (Fsp3) is 0.593. The summed E-state index contributed by atoms with van der Waals surface area (Å²) in [6, 6.07) is 8.41. The fourth-order valence-electron chi connectivity index (χ4n) is 4.83. The van der Waals surface area contributed by atoms with Crippen LogP contribution in [-0.2, 0) is 6.42 Å². The average Bonchev–Trinajstić information content (AvgIpc) is 3.45. The summed E-state index contributed by atoms with van der Waals surface area (Å²) < 4.78 is 0. The van der Waals surface area contributed by atoms with Crippen molar-refractivity contribution in [3.8, 4) is 0 Å². The monoisotopic (exact) mass is 481 g/mol. The van der Waals surface area contributed by atoms with Crippen LogP contribution in [0.4, 0.5) is 5.13 Å². The second-order valence-electron chi connectivity index (χ2n) is 11.1. The molecule has 0 spiro atoms. The highest BCUT2D eigenvalue weighted by Gasteiger charge is 2.28. The molecule has 3 aromatic rings. The standard InChI is InChI=1S/C27H39N5OS/c1-19(2)10-11-20(16-21-18-28-23-9-7-6-8-22(21)23)17-24(33)25-29-30-26(34-25)31-12-14-32(15-13-31)27(3,4)5/h6-9,18-20,28H,10-17H2,1-5H3. The number of anilines is 1. The molecule has 0 aliphatic carbocycles. The van der Waals surface area contributed by atoms with Crippen LogP contribution in [0.2, 0.25) is 0 Å². The number of rotatable bonds is 9. The topological polar surface area (TPSA) is 65.1 Å². The van der Waals surface area contributed by atoms with Crippen LogP contribution >= 0.6 is 11.3 Å². The van der Waals surface area contributed by atoms with Crippen molar-refractivity contribution in [3.05, 3.63) is 41.0 Å². The van der Waals surface area contributed by atoms with Crippen LogP contribution in [0.5, 0.6) is 0 Å². The molecule has 1 unspecified atom stereocenters. The molecule has 1 saturated heterocycles. The SMILES string of the molecule is CC(C)CCC(CC(=O)c1nnc(N2CCN(C(C)(C)C)CC2)s1)Cc1c[nH]c2ccccc12. The third-order valence-corrected chi connectivity index (χ3v) is 7.99.